The molecule has 21 heavy (non-hydrogen) atoms. The molecule has 1 aliphatic heterocycles. The summed E-state index contributed by atoms with van der Waals surface area (Å²) in [7, 11) is 0. The number of fused-ring (bicyclic) bond motifs is 1. The number of hydrogen-bond acceptors (Lipinski definition) is 1. The first-order valence-electron chi connectivity index (χ1n) is 7.11. The van der Waals surface area contributed by atoms with Crippen molar-refractivity contribution in [2.45, 2.75) is 31.1 Å². The van der Waals surface area contributed by atoms with Gasteiger partial charge in [-0.05, 0) is 41.8 Å². The standard InChI is InChI=1S/C18H18BrClO/c1-18(2)11-21-17-7-6-13(10-15(17)18)16(20)9-12-4-3-5-14(19)8-12/h3-8,10,16H,9,11H2,1-2H3. The van der Waals surface area contributed by atoms with Crippen molar-refractivity contribution < 1.29 is 4.74 Å². The largest absolute Gasteiger partial charge is 0.492 e. The zero-order chi connectivity index (χ0) is 15.0. The van der Waals surface area contributed by atoms with Crippen molar-refractivity contribution in [3.63, 3.8) is 0 Å². The summed E-state index contributed by atoms with van der Waals surface area (Å²) in [6, 6.07) is 14.6. The van der Waals surface area contributed by atoms with Crippen molar-refractivity contribution in [1.29, 1.82) is 0 Å². The van der Waals surface area contributed by atoms with Gasteiger partial charge in [0, 0.05) is 15.5 Å². The van der Waals surface area contributed by atoms with Crippen LogP contribution >= 0.6 is 27.5 Å². The Morgan fingerprint density at radius 2 is 2.05 bits per heavy atom. The van der Waals surface area contributed by atoms with E-state index in [1.54, 1.807) is 0 Å². The number of benzene rings is 2. The predicted molar refractivity (Wildman–Crippen MR) is 91.4 cm³/mol. The molecule has 0 spiro atoms. The van der Waals surface area contributed by atoms with Gasteiger partial charge in [0.1, 0.15) is 5.75 Å². The first-order chi connectivity index (χ1) is 9.95. The van der Waals surface area contributed by atoms with E-state index in [0.717, 1.165) is 28.8 Å². The Kier molecular flexibility index (Phi) is 4.02. The SMILES string of the molecule is CC1(C)COc2ccc(C(Cl)Cc3cccc(Br)c3)cc21. The molecule has 3 rings (SSSR count). The molecule has 0 aromatic heterocycles. The zero-order valence-electron chi connectivity index (χ0n) is 12.2. The zero-order valence-corrected chi connectivity index (χ0v) is 14.5. The van der Waals surface area contributed by atoms with Crippen LogP contribution in [0.2, 0.25) is 0 Å². The first-order valence-corrected chi connectivity index (χ1v) is 8.34. The van der Waals surface area contributed by atoms with Gasteiger partial charge in [0.2, 0.25) is 0 Å². The van der Waals surface area contributed by atoms with Crippen LogP contribution in [0.5, 0.6) is 5.75 Å². The summed E-state index contributed by atoms with van der Waals surface area (Å²) in [5.74, 6) is 0.995. The normalized spacial score (nSPS) is 17.1. The van der Waals surface area contributed by atoms with E-state index < -0.39 is 0 Å². The topological polar surface area (TPSA) is 9.23 Å². The maximum absolute atomic E-state index is 6.63. The summed E-state index contributed by atoms with van der Waals surface area (Å²) in [5.41, 5.74) is 3.73. The molecule has 1 nitrogen and oxygen atoms in total. The van der Waals surface area contributed by atoms with Crippen LogP contribution in [0.25, 0.3) is 0 Å². The maximum Gasteiger partial charge on any atom is 0.123 e. The number of hydrogen-bond donors (Lipinski definition) is 0. The molecule has 1 atom stereocenters. The molecule has 0 bridgehead atoms. The lowest BCUT2D eigenvalue weighted by Crippen LogP contribution is -2.18. The quantitative estimate of drug-likeness (QED) is 0.639. The molecule has 1 heterocycles. The van der Waals surface area contributed by atoms with Gasteiger partial charge in [0.15, 0.2) is 0 Å². The summed E-state index contributed by atoms with van der Waals surface area (Å²) in [6.07, 6.45) is 0.821. The Hall–Kier alpha value is -0.990. The second-order valence-electron chi connectivity index (χ2n) is 6.23. The molecule has 2 aromatic rings. The minimum Gasteiger partial charge on any atom is -0.492 e. The molecule has 110 valence electrons. The smallest absolute Gasteiger partial charge is 0.123 e. The molecule has 1 unspecified atom stereocenters. The molecular weight excluding hydrogens is 348 g/mol. The Bertz CT molecular complexity index is 666. The molecule has 0 fully saturated rings. The molecule has 0 aliphatic carbocycles. The molecule has 0 saturated carbocycles. The van der Waals surface area contributed by atoms with Crippen LogP contribution in [0, 0.1) is 0 Å². The second kappa shape index (κ2) is 5.66. The third kappa shape index (κ3) is 3.12. The van der Waals surface area contributed by atoms with Gasteiger partial charge >= 0.3 is 0 Å². The van der Waals surface area contributed by atoms with Crippen LogP contribution in [-0.4, -0.2) is 6.61 Å². The lowest BCUT2D eigenvalue weighted by Gasteiger charge is -2.17. The number of rotatable bonds is 3. The highest BCUT2D eigenvalue weighted by Gasteiger charge is 2.32. The van der Waals surface area contributed by atoms with E-state index in [9.17, 15) is 0 Å². The summed E-state index contributed by atoms with van der Waals surface area (Å²) in [4.78, 5) is 0. The minimum absolute atomic E-state index is 0.0269. The van der Waals surface area contributed by atoms with Crippen molar-refractivity contribution >= 4 is 27.5 Å². The van der Waals surface area contributed by atoms with Crippen LogP contribution in [0.15, 0.2) is 46.9 Å². The lowest BCUT2D eigenvalue weighted by molar-refractivity contribution is 0.291. The minimum atomic E-state index is -0.0269. The van der Waals surface area contributed by atoms with Crippen molar-refractivity contribution in [3.8, 4) is 5.75 Å². The number of ether oxygens (including phenoxy) is 1. The van der Waals surface area contributed by atoms with Crippen LogP contribution in [0.3, 0.4) is 0 Å². The summed E-state index contributed by atoms with van der Waals surface area (Å²) in [5, 5.41) is -0.0269. The number of alkyl halides is 1. The average molecular weight is 366 g/mol. The fourth-order valence-electron chi connectivity index (χ4n) is 2.72. The van der Waals surface area contributed by atoms with E-state index in [0.29, 0.717) is 0 Å². The van der Waals surface area contributed by atoms with Crippen LogP contribution in [0.1, 0.15) is 35.9 Å². The third-order valence-electron chi connectivity index (χ3n) is 3.99. The summed E-state index contributed by atoms with van der Waals surface area (Å²) >= 11 is 10.1. The monoisotopic (exact) mass is 364 g/mol. The molecule has 0 amide bonds. The van der Waals surface area contributed by atoms with E-state index in [1.807, 2.05) is 12.1 Å². The van der Waals surface area contributed by atoms with Crippen LogP contribution < -0.4 is 4.74 Å². The van der Waals surface area contributed by atoms with Crippen molar-refractivity contribution in [1.82, 2.24) is 0 Å². The Morgan fingerprint density at radius 1 is 1.24 bits per heavy atom. The fourth-order valence-corrected chi connectivity index (χ4v) is 3.48. The maximum atomic E-state index is 6.63. The fraction of sp³-hybridized carbons (Fsp3) is 0.333. The lowest BCUT2D eigenvalue weighted by atomic mass is 9.85. The highest BCUT2D eigenvalue weighted by molar-refractivity contribution is 9.10. The van der Waals surface area contributed by atoms with Crippen molar-refractivity contribution in [2.75, 3.05) is 6.61 Å². The predicted octanol–water partition coefficient (Wildman–Crippen LogP) is 5.64. The Labute approximate surface area is 139 Å². The van der Waals surface area contributed by atoms with Gasteiger partial charge in [-0.25, -0.2) is 0 Å². The first kappa shape index (κ1) is 14.9. The third-order valence-corrected chi connectivity index (χ3v) is 4.89. The summed E-state index contributed by atoms with van der Waals surface area (Å²) in [6.45, 7) is 5.16. The van der Waals surface area contributed by atoms with E-state index in [-0.39, 0.29) is 10.8 Å². The van der Waals surface area contributed by atoms with Crippen LogP contribution in [-0.2, 0) is 11.8 Å². The molecular formula is C18H18BrClO. The highest BCUT2D eigenvalue weighted by Crippen LogP contribution is 2.40. The van der Waals surface area contributed by atoms with Gasteiger partial charge in [-0.15, -0.1) is 11.6 Å². The molecule has 0 N–H and O–H groups in total. The molecule has 3 heteroatoms. The molecule has 1 aliphatic rings. The van der Waals surface area contributed by atoms with Crippen molar-refractivity contribution in [2.24, 2.45) is 0 Å². The van der Waals surface area contributed by atoms with Gasteiger partial charge in [-0.3, -0.25) is 0 Å². The van der Waals surface area contributed by atoms with E-state index >= 15 is 0 Å². The van der Waals surface area contributed by atoms with Gasteiger partial charge in [0.05, 0.1) is 12.0 Å². The van der Waals surface area contributed by atoms with E-state index in [4.69, 9.17) is 16.3 Å². The summed E-state index contributed by atoms with van der Waals surface area (Å²) < 4.78 is 6.82. The number of halogens is 2. The second-order valence-corrected chi connectivity index (χ2v) is 7.67. The molecule has 0 radical (unpaired) electrons. The molecule has 0 saturated heterocycles. The Morgan fingerprint density at radius 3 is 2.81 bits per heavy atom. The average Bonchev–Trinajstić information content (AvgIpc) is 2.74. The van der Waals surface area contributed by atoms with Gasteiger partial charge in [-0.1, -0.05) is 48.0 Å². The Balaban J connectivity index is 1.84. The highest BCUT2D eigenvalue weighted by atomic mass is 79.9. The van der Waals surface area contributed by atoms with Crippen LogP contribution in [0.4, 0.5) is 0 Å². The van der Waals surface area contributed by atoms with Crippen molar-refractivity contribution in [3.05, 3.63) is 63.6 Å². The van der Waals surface area contributed by atoms with Gasteiger partial charge in [0.25, 0.3) is 0 Å². The van der Waals surface area contributed by atoms with Gasteiger partial charge in [-0.2, -0.15) is 0 Å². The van der Waals surface area contributed by atoms with E-state index in [2.05, 4.69) is 60.1 Å². The molecule has 2 aromatic carbocycles. The van der Waals surface area contributed by atoms with E-state index in [1.165, 1.54) is 11.1 Å². The van der Waals surface area contributed by atoms with Gasteiger partial charge < -0.3 is 4.74 Å².